The van der Waals surface area contributed by atoms with Crippen molar-refractivity contribution in [3.8, 4) is 11.5 Å². The van der Waals surface area contributed by atoms with Crippen LogP contribution in [0, 0.1) is 0 Å². The number of fused-ring (bicyclic) bond motifs is 1. The van der Waals surface area contributed by atoms with Crippen molar-refractivity contribution in [2.45, 2.75) is 13.1 Å². The summed E-state index contributed by atoms with van der Waals surface area (Å²) in [5, 5.41) is 6.68. The third kappa shape index (κ3) is 4.45. The van der Waals surface area contributed by atoms with Crippen LogP contribution < -0.4 is 25.0 Å². The molecule has 1 saturated heterocycles. The highest BCUT2D eigenvalue weighted by molar-refractivity contribution is 5.79. The van der Waals surface area contributed by atoms with Gasteiger partial charge in [0.05, 0.1) is 13.2 Å². The average Bonchev–Trinajstić information content (AvgIpc) is 3.23. The molecule has 1 aromatic heterocycles. The molecule has 2 N–H and O–H groups in total. The number of rotatable bonds is 5. The summed E-state index contributed by atoms with van der Waals surface area (Å²) in [5.41, 5.74) is 2.26. The van der Waals surface area contributed by atoms with Crippen LogP contribution in [0.2, 0.25) is 0 Å². The first kappa shape index (κ1) is 18.4. The molecule has 1 aromatic carbocycles. The van der Waals surface area contributed by atoms with Crippen molar-refractivity contribution in [2.75, 3.05) is 45.0 Å². The number of nitrogens with zero attached hydrogens (tertiary/aromatic N) is 3. The van der Waals surface area contributed by atoms with Gasteiger partial charge in [-0.15, -0.1) is 0 Å². The first-order valence-corrected chi connectivity index (χ1v) is 9.42. The molecular weight excluding hydrogens is 358 g/mol. The zero-order chi connectivity index (χ0) is 19.2. The Kier molecular flexibility index (Phi) is 5.77. The SMILES string of the molecule is CN=C(NCc1ccnc(N2CCOCC2)c1)NCc1ccc2c(c1)OCO2. The summed E-state index contributed by atoms with van der Waals surface area (Å²) in [4.78, 5) is 11.0. The van der Waals surface area contributed by atoms with Gasteiger partial charge in [0.1, 0.15) is 5.82 Å². The number of guanidine groups is 1. The summed E-state index contributed by atoms with van der Waals surface area (Å²) < 4.78 is 16.2. The van der Waals surface area contributed by atoms with E-state index in [0.717, 1.165) is 60.7 Å². The van der Waals surface area contributed by atoms with Crippen molar-refractivity contribution in [2.24, 2.45) is 4.99 Å². The van der Waals surface area contributed by atoms with E-state index in [4.69, 9.17) is 14.2 Å². The van der Waals surface area contributed by atoms with Crippen LogP contribution in [0.4, 0.5) is 5.82 Å². The summed E-state index contributed by atoms with van der Waals surface area (Å²) in [6.07, 6.45) is 1.85. The van der Waals surface area contributed by atoms with Crippen molar-refractivity contribution in [1.82, 2.24) is 15.6 Å². The van der Waals surface area contributed by atoms with E-state index < -0.39 is 0 Å². The predicted molar refractivity (Wildman–Crippen MR) is 107 cm³/mol. The van der Waals surface area contributed by atoms with E-state index in [0.29, 0.717) is 13.1 Å². The van der Waals surface area contributed by atoms with E-state index in [9.17, 15) is 0 Å². The standard InChI is InChI=1S/C20H25N5O3/c1-21-20(23-12-15-2-3-17-18(10-15)28-14-27-17)24-13-16-4-5-22-19(11-16)25-6-8-26-9-7-25/h2-5,10-11H,6-9,12-14H2,1H3,(H2,21,23,24). The molecule has 4 rings (SSSR count). The number of aliphatic imine (C=N–C) groups is 1. The lowest BCUT2D eigenvalue weighted by Crippen LogP contribution is -2.37. The van der Waals surface area contributed by atoms with Crippen LogP contribution >= 0.6 is 0 Å². The highest BCUT2D eigenvalue weighted by Gasteiger charge is 2.14. The Hall–Kier alpha value is -3.00. The molecule has 148 valence electrons. The Balaban J connectivity index is 1.30. The van der Waals surface area contributed by atoms with Crippen molar-refractivity contribution in [3.05, 3.63) is 47.7 Å². The van der Waals surface area contributed by atoms with E-state index in [1.165, 1.54) is 0 Å². The normalized spacial score (nSPS) is 16.2. The maximum atomic E-state index is 5.43. The van der Waals surface area contributed by atoms with Crippen LogP contribution in [0.15, 0.2) is 41.5 Å². The lowest BCUT2D eigenvalue weighted by atomic mass is 10.2. The first-order chi connectivity index (χ1) is 13.8. The zero-order valence-electron chi connectivity index (χ0n) is 16.0. The van der Waals surface area contributed by atoms with Gasteiger partial charge in [0.25, 0.3) is 0 Å². The van der Waals surface area contributed by atoms with E-state index in [1.807, 2.05) is 30.5 Å². The zero-order valence-corrected chi connectivity index (χ0v) is 16.0. The molecule has 0 bridgehead atoms. The van der Waals surface area contributed by atoms with Gasteiger partial charge in [-0.2, -0.15) is 0 Å². The van der Waals surface area contributed by atoms with Crippen LogP contribution in [-0.4, -0.2) is 51.1 Å². The molecule has 0 unspecified atom stereocenters. The van der Waals surface area contributed by atoms with E-state index in [2.05, 4.69) is 31.6 Å². The summed E-state index contributed by atoms with van der Waals surface area (Å²) in [7, 11) is 1.76. The maximum Gasteiger partial charge on any atom is 0.231 e. The highest BCUT2D eigenvalue weighted by Crippen LogP contribution is 2.32. The van der Waals surface area contributed by atoms with Gasteiger partial charge in [-0.1, -0.05) is 6.07 Å². The number of ether oxygens (including phenoxy) is 3. The lowest BCUT2D eigenvalue weighted by Gasteiger charge is -2.28. The monoisotopic (exact) mass is 383 g/mol. The van der Waals surface area contributed by atoms with Crippen molar-refractivity contribution < 1.29 is 14.2 Å². The fourth-order valence-corrected chi connectivity index (χ4v) is 3.18. The quantitative estimate of drug-likeness (QED) is 0.598. The number of pyridine rings is 1. The number of morpholine rings is 1. The fraction of sp³-hybridized carbons (Fsp3) is 0.400. The molecule has 0 atom stereocenters. The van der Waals surface area contributed by atoms with Crippen LogP contribution in [0.25, 0.3) is 0 Å². The number of aromatic nitrogens is 1. The number of hydrogen-bond donors (Lipinski definition) is 2. The van der Waals surface area contributed by atoms with Crippen molar-refractivity contribution in [3.63, 3.8) is 0 Å². The van der Waals surface area contributed by atoms with Gasteiger partial charge in [-0.05, 0) is 35.4 Å². The third-order valence-electron chi connectivity index (χ3n) is 4.73. The second-order valence-electron chi connectivity index (χ2n) is 6.59. The second kappa shape index (κ2) is 8.79. The number of benzene rings is 1. The van der Waals surface area contributed by atoms with Gasteiger partial charge in [0.2, 0.25) is 6.79 Å². The first-order valence-electron chi connectivity index (χ1n) is 9.42. The number of nitrogens with one attached hydrogen (secondary N) is 2. The molecule has 2 aliphatic heterocycles. The van der Waals surface area contributed by atoms with Crippen LogP contribution in [-0.2, 0) is 17.8 Å². The largest absolute Gasteiger partial charge is 0.454 e. The molecule has 0 spiro atoms. The molecule has 1 fully saturated rings. The molecule has 8 heteroatoms. The molecule has 0 amide bonds. The Morgan fingerprint density at radius 2 is 1.79 bits per heavy atom. The molecule has 2 aliphatic rings. The number of anilines is 1. The van der Waals surface area contributed by atoms with Crippen molar-refractivity contribution >= 4 is 11.8 Å². The van der Waals surface area contributed by atoms with Gasteiger partial charge in [-0.25, -0.2) is 4.98 Å². The molecule has 3 heterocycles. The maximum absolute atomic E-state index is 5.43. The summed E-state index contributed by atoms with van der Waals surface area (Å²) in [5.74, 6) is 3.31. The van der Waals surface area contributed by atoms with Gasteiger partial charge in [0, 0.05) is 39.4 Å². The topological polar surface area (TPSA) is 80.2 Å². The second-order valence-corrected chi connectivity index (χ2v) is 6.59. The minimum absolute atomic E-state index is 0.286. The van der Waals surface area contributed by atoms with Crippen molar-refractivity contribution in [1.29, 1.82) is 0 Å². The lowest BCUT2D eigenvalue weighted by molar-refractivity contribution is 0.122. The Bertz CT molecular complexity index is 836. The average molecular weight is 383 g/mol. The Labute approximate surface area is 164 Å². The Morgan fingerprint density at radius 1 is 1.04 bits per heavy atom. The predicted octanol–water partition coefficient (Wildman–Crippen LogP) is 1.51. The van der Waals surface area contributed by atoms with E-state index in [1.54, 1.807) is 7.05 Å². The molecule has 8 nitrogen and oxygen atoms in total. The molecule has 0 aliphatic carbocycles. The summed E-state index contributed by atoms with van der Waals surface area (Å²) in [6.45, 7) is 4.85. The third-order valence-corrected chi connectivity index (χ3v) is 4.73. The minimum Gasteiger partial charge on any atom is -0.454 e. The van der Waals surface area contributed by atoms with Gasteiger partial charge in [-0.3, -0.25) is 4.99 Å². The van der Waals surface area contributed by atoms with E-state index >= 15 is 0 Å². The molecule has 0 radical (unpaired) electrons. The summed E-state index contributed by atoms with van der Waals surface area (Å²) in [6, 6.07) is 10.1. The highest BCUT2D eigenvalue weighted by atomic mass is 16.7. The van der Waals surface area contributed by atoms with Gasteiger partial charge in [0.15, 0.2) is 17.5 Å². The molecule has 28 heavy (non-hydrogen) atoms. The van der Waals surface area contributed by atoms with Gasteiger partial charge >= 0.3 is 0 Å². The van der Waals surface area contributed by atoms with Gasteiger partial charge < -0.3 is 29.7 Å². The summed E-state index contributed by atoms with van der Waals surface area (Å²) >= 11 is 0. The molecular formula is C20H25N5O3. The number of hydrogen-bond acceptors (Lipinski definition) is 6. The van der Waals surface area contributed by atoms with Crippen LogP contribution in [0.1, 0.15) is 11.1 Å². The van der Waals surface area contributed by atoms with Crippen LogP contribution in [0.3, 0.4) is 0 Å². The van der Waals surface area contributed by atoms with E-state index in [-0.39, 0.29) is 6.79 Å². The van der Waals surface area contributed by atoms with Crippen LogP contribution in [0.5, 0.6) is 11.5 Å². The fourth-order valence-electron chi connectivity index (χ4n) is 3.18. The molecule has 0 saturated carbocycles. The smallest absolute Gasteiger partial charge is 0.231 e. The minimum atomic E-state index is 0.286. The Morgan fingerprint density at radius 3 is 2.57 bits per heavy atom. The molecule has 2 aromatic rings.